The lowest BCUT2D eigenvalue weighted by Gasteiger charge is -2.44. The lowest BCUT2D eigenvalue weighted by Crippen LogP contribution is -2.54. The number of urea groups is 1. The molecular formula is C29H35N5O4S. The molecular weight excluding hydrogens is 514 g/mol. The van der Waals surface area contributed by atoms with Crippen molar-refractivity contribution >= 4 is 33.5 Å². The van der Waals surface area contributed by atoms with Gasteiger partial charge in [-0.1, -0.05) is 13.0 Å². The third-order valence-corrected chi connectivity index (χ3v) is 9.79. The molecule has 39 heavy (non-hydrogen) atoms. The Bertz CT molecular complexity index is 1510. The summed E-state index contributed by atoms with van der Waals surface area (Å²) in [5.74, 6) is 1.59. The summed E-state index contributed by atoms with van der Waals surface area (Å²) in [5.41, 5.74) is 4.34. The monoisotopic (exact) mass is 549 g/mol. The number of carbonyl (C=O) groups excluding carboxylic acids is 2. The normalized spacial score (nSPS) is 20.3. The van der Waals surface area contributed by atoms with Crippen LogP contribution in [0.2, 0.25) is 0 Å². The summed E-state index contributed by atoms with van der Waals surface area (Å²) >= 11 is 1.56. The summed E-state index contributed by atoms with van der Waals surface area (Å²) in [4.78, 5) is 34.5. The molecule has 1 atom stereocenters. The van der Waals surface area contributed by atoms with Gasteiger partial charge in [0.25, 0.3) is 5.91 Å². The fraction of sp³-hybridized carbons (Fsp3) is 0.483. The molecule has 3 aliphatic heterocycles. The van der Waals surface area contributed by atoms with Crippen molar-refractivity contribution in [2.24, 2.45) is 7.05 Å². The van der Waals surface area contributed by atoms with Gasteiger partial charge < -0.3 is 19.3 Å². The number of likely N-dealkylation sites (tertiary alicyclic amines) is 1. The van der Waals surface area contributed by atoms with Crippen LogP contribution >= 0.6 is 11.3 Å². The van der Waals surface area contributed by atoms with E-state index in [1.165, 1.54) is 0 Å². The van der Waals surface area contributed by atoms with Gasteiger partial charge in [-0.25, -0.2) is 4.79 Å². The Labute approximate surface area is 232 Å². The van der Waals surface area contributed by atoms with Gasteiger partial charge in [0.05, 0.1) is 37.6 Å². The predicted octanol–water partition coefficient (Wildman–Crippen LogP) is 4.89. The number of fused-ring (bicyclic) bond motifs is 4. The number of methoxy groups -OCH3 is 2. The number of amides is 3. The van der Waals surface area contributed by atoms with Crippen LogP contribution in [0.3, 0.4) is 0 Å². The number of likely N-dealkylation sites (N-methyl/N-ethyl adjacent to an activating group) is 1. The van der Waals surface area contributed by atoms with Crippen LogP contribution in [-0.4, -0.2) is 75.8 Å². The largest absolute Gasteiger partial charge is 0.497 e. The molecule has 0 bridgehead atoms. The fourth-order valence-corrected chi connectivity index (χ4v) is 7.94. The SMILES string of the molecule is CCN1C(=O)N2Cc3cc(OC)cc(OC)c3[C@@H](C)C=C2C12CCN(C(=O)c1csc3c1c(C)nn3C)CC2. The number of carbonyl (C=O) groups is 2. The molecule has 0 N–H and O–H groups in total. The predicted molar refractivity (Wildman–Crippen MR) is 151 cm³/mol. The standard InChI is InChI=1S/C29H35N5O4S/c1-7-34-28(36)33-15-19-13-20(37-5)14-22(38-6)24(19)17(2)12-23(33)29(34)8-10-32(11-9-29)26(35)21-16-39-27-25(21)18(3)30-31(27)4/h12-14,16-17H,7-11,15H2,1-6H3/t17-/m0/s1. The Hall–Kier alpha value is -3.53. The molecule has 3 aliphatic rings. The number of nitrogens with zero attached hydrogens (tertiary/aromatic N) is 5. The molecule has 0 radical (unpaired) electrons. The zero-order valence-corrected chi connectivity index (χ0v) is 24.2. The van der Waals surface area contributed by atoms with Crippen molar-refractivity contribution in [2.45, 2.75) is 51.6 Å². The summed E-state index contributed by atoms with van der Waals surface area (Å²) in [5, 5.41) is 7.42. The third kappa shape index (κ3) is 3.67. The number of benzene rings is 1. The first-order valence-electron chi connectivity index (χ1n) is 13.5. The Kier molecular flexibility index (Phi) is 6.13. The number of hydrogen-bond donors (Lipinski definition) is 0. The lowest BCUT2D eigenvalue weighted by atomic mass is 9.82. The number of aromatic nitrogens is 2. The van der Waals surface area contributed by atoms with E-state index in [0.29, 0.717) is 44.8 Å². The highest BCUT2D eigenvalue weighted by atomic mass is 32.1. The molecule has 0 aliphatic carbocycles. The van der Waals surface area contributed by atoms with Gasteiger partial charge in [-0.2, -0.15) is 5.10 Å². The van der Waals surface area contributed by atoms with Gasteiger partial charge in [-0.05, 0) is 38.3 Å². The van der Waals surface area contributed by atoms with Crippen molar-refractivity contribution in [1.29, 1.82) is 0 Å². The number of aryl methyl sites for hydroxylation is 2. The van der Waals surface area contributed by atoms with Gasteiger partial charge in [-0.3, -0.25) is 14.4 Å². The number of piperidine rings is 1. The van der Waals surface area contributed by atoms with Crippen molar-refractivity contribution in [3.05, 3.63) is 51.7 Å². The minimum Gasteiger partial charge on any atom is -0.497 e. The molecule has 2 saturated heterocycles. The summed E-state index contributed by atoms with van der Waals surface area (Å²) < 4.78 is 13.1. The molecule has 5 heterocycles. The van der Waals surface area contributed by atoms with E-state index in [0.717, 1.165) is 44.0 Å². The van der Waals surface area contributed by atoms with E-state index in [-0.39, 0.29) is 17.9 Å². The highest BCUT2D eigenvalue weighted by Crippen LogP contribution is 2.49. The fourth-order valence-electron chi connectivity index (χ4n) is 6.93. The van der Waals surface area contributed by atoms with Gasteiger partial charge in [0.2, 0.25) is 0 Å². The molecule has 9 nitrogen and oxygen atoms in total. The molecule has 6 rings (SSSR count). The highest BCUT2D eigenvalue weighted by Gasteiger charge is 2.55. The van der Waals surface area contributed by atoms with Gasteiger partial charge in [-0.15, -0.1) is 11.3 Å². The molecule has 1 aromatic carbocycles. The summed E-state index contributed by atoms with van der Waals surface area (Å²) in [6, 6.07) is 3.95. The van der Waals surface area contributed by atoms with Crippen molar-refractivity contribution in [3.63, 3.8) is 0 Å². The zero-order valence-electron chi connectivity index (χ0n) is 23.4. The highest BCUT2D eigenvalue weighted by molar-refractivity contribution is 7.17. The van der Waals surface area contributed by atoms with Crippen molar-refractivity contribution in [3.8, 4) is 11.5 Å². The van der Waals surface area contributed by atoms with Crippen LogP contribution < -0.4 is 9.47 Å². The molecule has 2 aromatic heterocycles. The third-order valence-electron chi connectivity index (χ3n) is 8.75. The Morgan fingerprint density at radius 1 is 1.21 bits per heavy atom. The number of rotatable bonds is 4. The number of thiophene rings is 1. The number of ether oxygens (including phenoxy) is 2. The average molecular weight is 550 g/mol. The van der Waals surface area contributed by atoms with Crippen LogP contribution in [0.1, 0.15) is 59.8 Å². The maximum absolute atomic E-state index is 13.9. The van der Waals surface area contributed by atoms with Crippen LogP contribution in [0.25, 0.3) is 10.2 Å². The van der Waals surface area contributed by atoms with E-state index in [2.05, 4.69) is 18.1 Å². The van der Waals surface area contributed by atoms with Gasteiger partial charge in [0, 0.05) is 60.7 Å². The summed E-state index contributed by atoms with van der Waals surface area (Å²) in [6.07, 6.45) is 3.64. The van der Waals surface area contributed by atoms with Crippen LogP contribution in [0.4, 0.5) is 4.79 Å². The Morgan fingerprint density at radius 2 is 1.95 bits per heavy atom. The molecule has 10 heteroatoms. The molecule has 3 amide bonds. The van der Waals surface area contributed by atoms with Crippen molar-refractivity contribution in [1.82, 2.24) is 24.5 Å². The maximum atomic E-state index is 13.9. The van der Waals surface area contributed by atoms with Crippen LogP contribution in [-0.2, 0) is 13.6 Å². The zero-order chi connectivity index (χ0) is 27.6. The number of hydrogen-bond acceptors (Lipinski definition) is 6. The smallest absolute Gasteiger partial charge is 0.325 e. The average Bonchev–Trinajstić information content (AvgIpc) is 3.52. The Morgan fingerprint density at radius 3 is 2.62 bits per heavy atom. The summed E-state index contributed by atoms with van der Waals surface area (Å²) in [7, 11) is 5.23. The first kappa shape index (κ1) is 25.7. The van der Waals surface area contributed by atoms with Gasteiger partial charge in [0.15, 0.2) is 0 Å². The molecule has 3 aromatic rings. The van der Waals surface area contributed by atoms with Crippen LogP contribution in [0.15, 0.2) is 29.3 Å². The van der Waals surface area contributed by atoms with Crippen molar-refractivity contribution in [2.75, 3.05) is 33.9 Å². The van der Waals surface area contributed by atoms with E-state index in [1.54, 1.807) is 25.6 Å². The quantitative estimate of drug-likeness (QED) is 0.463. The summed E-state index contributed by atoms with van der Waals surface area (Å²) in [6.45, 7) is 8.41. The van der Waals surface area contributed by atoms with Crippen molar-refractivity contribution < 1.29 is 19.1 Å². The van der Waals surface area contributed by atoms with Gasteiger partial charge >= 0.3 is 6.03 Å². The first-order chi connectivity index (χ1) is 18.7. The topological polar surface area (TPSA) is 80.1 Å². The molecule has 0 saturated carbocycles. The second-order valence-electron chi connectivity index (χ2n) is 10.7. The lowest BCUT2D eigenvalue weighted by molar-refractivity contribution is 0.0577. The van der Waals surface area contributed by atoms with E-state index >= 15 is 0 Å². The van der Waals surface area contributed by atoms with Crippen LogP contribution in [0, 0.1) is 6.92 Å². The molecule has 206 valence electrons. The second-order valence-corrected chi connectivity index (χ2v) is 11.6. The van der Waals surface area contributed by atoms with E-state index in [1.807, 2.05) is 57.8 Å². The van der Waals surface area contributed by atoms with E-state index in [4.69, 9.17) is 9.47 Å². The van der Waals surface area contributed by atoms with E-state index < -0.39 is 5.54 Å². The second kappa shape index (κ2) is 9.29. The molecule has 1 spiro atoms. The van der Waals surface area contributed by atoms with Gasteiger partial charge in [0.1, 0.15) is 16.3 Å². The van der Waals surface area contributed by atoms with Crippen LogP contribution in [0.5, 0.6) is 11.5 Å². The molecule has 0 unspecified atom stereocenters. The first-order valence-corrected chi connectivity index (χ1v) is 14.4. The number of allylic oxidation sites excluding steroid dienone is 1. The minimum absolute atomic E-state index is 0.0240. The Balaban J connectivity index is 1.33. The van der Waals surface area contributed by atoms with E-state index in [9.17, 15) is 9.59 Å². The minimum atomic E-state index is -0.440. The maximum Gasteiger partial charge on any atom is 0.325 e. The molecule has 2 fully saturated rings.